The maximum atomic E-state index is 10.6. The van der Waals surface area contributed by atoms with Crippen molar-refractivity contribution < 1.29 is 14.6 Å². The first-order valence-electron chi connectivity index (χ1n) is 3.01. The highest BCUT2D eigenvalue weighted by molar-refractivity contribution is 5.75. The normalized spacial score (nSPS) is 43.0. The van der Waals surface area contributed by atoms with Crippen LogP contribution in [0.1, 0.15) is 13.8 Å². The molecule has 0 aliphatic carbocycles. The largest absolute Gasteiger partial charge is 0.460 e. The number of hydrogen-bond donors (Lipinski definition) is 1. The number of carbonyl (C=O) groups is 1. The molecule has 0 spiro atoms. The van der Waals surface area contributed by atoms with E-state index in [-0.39, 0.29) is 18.0 Å². The van der Waals surface area contributed by atoms with Crippen LogP contribution in [0.4, 0.5) is 0 Å². The lowest BCUT2D eigenvalue weighted by Gasteiger charge is -2.05. The molecule has 0 radical (unpaired) electrons. The molecular weight excluding hydrogens is 120 g/mol. The highest BCUT2D eigenvalue weighted by atomic mass is 16.6. The van der Waals surface area contributed by atoms with Crippen LogP contribution in [0.2, 0.25) is 0 Å². The molecule has 1 rings (SSSR count). The molecule has 0 bridgehead atoms. The van der Waals surface area contributed by atoms with E-state index in [4.69, 9.17) is 9.84 Å². The molecule has 1 aliphatic heterocycles. The molecule has 1 fully saturated rings. The highest BCUT2D eigenvalue weighted by Crippen LogP contribution is 2.20. The average molecular weight is 130 g/mol. The van der Waals surface area contributed by atoms with Gasteiger partial charge in [0.25, 0.3) is 0 Å². The molecule has 0 aromatic rings. The second kappa shape index (κ2) is 1.99. The number of esters is 1. The van der Waals surface area contributed by atoms with E-state index in [1.807, 2.05) is 0 Å². The van der Waals surface area contributed by atoms with Crippen molar-refractivity contribution in [2.24, 2.45) is 5.92 Å². The summed E-state index contributed by atoms with van der Waals surface area (Å²) in [5.41, 5.74) is 0. The smallest absolute Gasteiger partial charge is 0.311 e. The molecule has 1 saturated heterocycles. The molecule has 3 atom stereocenters. The average Bonchev–Trinajstić information content (AvgIpc) is 1.98. The molecule has 0 unspecified atom stereocenters. The van der Waals surface area contributed by atoms with Gasteiger partial charge in [0.15, 0.2) is 0 Å². The zero-order chi connectivity index (χ0) is 7.02. The summed E-state index contributed by atoms with van der Waals surface area (Å²) in [7, 11) is 0. The fourth-order valence-corrected chi connectivity index (χ4v) is 0.906. The molecule has 0 amide bonds. The Kier molecular flexibility index (Phi) is 1.45. The van der Waals surface area contributed by atoms with E-state index in [1.54, 1.807) is 13.8 Å². The van der Waals surface area contributed by atoms with E-state index in [1.165, 1.54) is 0 Å². The summed E-state index contributed by atoms with van der Waals surface area (Å²) in [5, 5.41) is 9.09. The molecule has 52 valence electrons. The van der Waals surface area contributed by atoms with Crippen molar-refractivity contribution in [2.45, 2.75) is 26.1 Å². The maximum Gasteiger partial charge on any atom is 0.311 e. The summed E-state index contributed by atoms with van der Waals surface area (Å²) in [6.45, 7) is 3.35. The van der Waals surface area contributed by atoms with Crippen molar-refractivity contribution in [3.63, 3.8) is 0 Å². The number of aliphatic hydroxyl groups is 1. The van der Waals surface area contributed by atoms with E-state index in [9.17, 15) is 4.79 Å². The van der Waals surface area contributed by atoms with Gasteiger partial charge in [0.05, 0.1) is 5.92 Å². The van der Waals surface area contributed by atoms with Gasteiger partial charge >= 0.3 is 5.97 Å². The fourth-order valence-electron chi connectivity index (χ4n) is 0.906. The minimum absolute atomic E-state index is 0.296. The summed E-state index contributed by atoms with van der Waals surface area (Å²) in [5.74, 6) is -0.644. The number of carbonyl (C=O) groups excluding carboxylic acids is 1. The molecule has 0 aromatic heterocycles. The third kappa shape index (κ3) is 0.920. The third-order valence-corrected chi connectivity index (χ3v) is 1.67. The molecule has 0 aromatic carbocycles. The standard InChI is InChI=1S/C6H10O3/c1-3-5(7)4(2)9-6(3)8/h3-5,7H,1-2H3/t3-,4-,5-/m0/s1. The SMILES string of the molecule is C[C@@H]1OC(=O)[C@@H](C)[C@@H]1O. The Labute approximate surface area is 53.6 Å². The Morgan fingerprint density at radius 2 is 2.11 bits per heavy atom. The number of cyclic esters (lactones) is 1. The third-order valence-electron chi connectivity index (χ3n) is 1.67. The van der Waals surface area contributed by atoms with E-state index in [0.717, 1.165) is 0 Å². The molecule has 3 nitrogen and oxygen atoms in total. The second-order valence-corrected chi connectivity index (χ2v) is 2.42. The van der Waals surface area contributed by atoms with Crippen LogP contribution < -0.4 is 0 Å². The van der Waals surface area contributed by atoms with Gasteiger partial charge in [0, 0.05) is 0 Å². The van der Waals surface area contributed by atoms with Crippen molar-refractivity contribution in [2.75, 3.05) is 0 Å². The monoisotopic (exact) mass is 130 g/mol. The minimum Gasteiger partial charge on any atom is -0.460 e. The van der Waals surface area contributed by atoms with Crippen molar-refractivity contribution in [3.8, 4) is 0 Å². The zero-order valence-electron chi connectivity index (χ0n) is 5.50. The molecule has 9 heavy (non-hydrogen) atoms. The second-order valence-electron chi connectivity index (χ2n) is 2.42. The first-order chi connectivity index (χ1) is 4.13. The van der Waals surface area contributed by atoms with Crippen molar-refractivity contribution in [3.05, 3.63) is 0 Å². The maximum absolute atomic E-state index is 10.6. The summed E-state index contributed by atoms with van der Waals surface area (Å²) in [6.07, 6.45) is -0.940. The van der Waals surface area contributed by atoms with Gasteiger partial charge in [-0.2, -0.15) is 0 Å². The Hall–Kier alpha value is -0.570. The number of rotatable bonds is 0. The van der Waals surface area contributed by atoms with Crippen LogP contribution in [-0.4, -0.2) is 23.3 Å². The topological polar surface area (TPSA) is 46.5 Å². The van der Waals surface area contributed by atoms with Crippen LogP contribution in [0.3, 0.4) is 0 Å². The lowest BCUT2D eigenvalue weighted by atomic mass is 10.1. The van der Waals surface area contributed by atoms with E-state index < -0.39 is 6.10 Å². The van der Waals surface area contributed by atoms with Crippen molar-refractivity contribution in [1.29, 1.82) is 0 Å². The van der Waals surface area contributed by atoms with Gasteiger partial charge in [0.2, 0.25) is 0 Å². The fraction of sp³-hybridized carbons (Fsp3) is 0.833. The summed E-state index contributed by atoms with van der Waals surface area (Å²) in [6, 6.07) is 0. The Morgan fingerprint density at radius 1 is 1.56 bits per heavy atom. The van der Waals surface area contributed by atoms with Gasteiger partial charge in [-0.25, -0.2) is 0 Å². The lowest BCUT2D eigenvalue weighted by molar-refractivity contribution is -0.143. The number of ether oxygens (including phenoxy) is 1. The summed E-state index contributed by atoms with van der Waals surface area (Å²) >= 11 is 0. The van der Waals surface area contributed by atoms with E-state index in [2.05, 4.69) is 0 Å². The van der Waals surface area contributed by atoms with E-state index >= 15 is 0 Å². The Morgan fingerprint density at radius 3 is 2.22 bits per heavy atom. The lowest BCUT2D eigenvalue weighted by Crippen LogP contribution is -2.22. The summed E-state index contributed by atoms with van der Waals surface area (Å²) < 4.78 is 4.70. The molecular formula is C6H10O3. The van der Waals surface area contributed by atoms with Gasteiger partial charge in [0.1, 0.15) is 12.2 Å². The first-order valence-corrected chi connectivity index (χ1v) is 3.01. The van der Waals surface area contributed by atoms with Crippen LogP contribution in [0, 0.1) is 5.92 Å². The quantitative estimate of drug-likeness (QED) is 0.467. The predicted octanol–water partition coefficient (Wildman–Crippen LogP) is -0.0713. The molecule has 1 heterocycles. The minimum atomic E-state index is -0.613. The highest BCUT2D eigenvalue weighted by Gasteiger charge is 2.37. The predicted molar refractivity (Wildman–Crippen MR) is 30.7 cm³/mol. The molecule has 1 N–H and O–H groups in total. The Bertz CT molecular complexity index is 132. The van der Waals surface area contributed by atoms with Crippen LogP contribution >= 0.6 is 0 Å². The first kappa shape index (κ1) is 6.55. The van der Waals surface area contributed by atoms with E-state index in [0.29, 0.717) is 0 Å². The number of aliphatic hydroxyl groups excluding tert-OH is 1. The van der Waals surface area contributed by atoms with Crippen LogP contribution in [0.25, 0.3) is 0 Å². The summed E-state index contributed by atoms with van der Waals surface area (Å²) in [4.78, 5) is 10.6. The molecule has 3 heteroatoms. The molecule has 0 saturated carbocycles. The van der Waals surface area contributed by atoms with Crippen LogP contribution in [-0.2, 0) is 9.53 Å². The molecule has 1 aliphatic rings. The van der Waals surface area contributed by atoms with Gasteiger partial charge in [-0.15, -0.1) is 0 Å². The van der Waals surface area contributed by atoms with Gasteiger partial charge in [-0.1, -0.05) is 0 Å². The van der Waals surface area contributed by atoms with Crippen molar-refractivity contribution in [1.82, 2.24) is 0 Å². The zero-order valence-corrected chi connectivity index (χ0v) is 5.50. The van der Waals surface area contributed by atoms with Crippen LogP contribution in [0.5, 0.6) is 0 Å². The van der Waals surface area contributed by atoms with Gasteiger partial charge in [-0.3, -0.25) is 4.79 Å². The van der Waals surface area contributed by atoms with Crippen molar-refractivity contribution >= 4 is 5.97 Å². The van der Waals surface area contributed by atoms with Gasteiger partial charge in [-0.05, 0) is 13.8 Å². The van der Waals surface area contributed by atoms with Crippen LogP contribution in [0.15, 0.2) is 0 Å². The van der Waals surface area contributed by atoms with Gasteiger partial charge < -0.3 is 9.84 Å². The Balaban J connectivity index is 2.65. The number of hydrogen-bond acceptors (Lipinski definition) is 3.